The van der Waals surface area contributed by atoms with Crippen molar-refractivity contribution >= 4 is 5.91 Å². The number of hydrogen-bond acceptors (Lipinski definition) is 3. The summed E-state index contributed by atoms with van der Waals surface area (Å²) in [4.78, 5) is 12.2. The molecular formula is C15H23NO3. The molecule has 1 aromatic rings. The second-order valence-electron chi connectivity index (χ2n) is 5.53. The van der Waals surface area contributed by atoms with Gasteiger partial charge in [-0.15, -0.1) is 0 Å². The fourth-order valence-electron chi connectivity index (χ4n) is 2.89. The molecule has 0 saturated heterocycles. The molecule has 1 aromatic heterocycles. The third-order valence-electron chi connectivity index (χ3n) is 3.96. The van der Waals surface area contributed by atoms with Crippen molar-refractivity contribution in [3.8, 4) is 0 Å². The first-order chi connectivity index (χ1) is 9.11. The fraction of sp³-hybridized carbons (Fsp3) is 0.667. The van der Waals surface area contributed by atoms with E-state index in [0.29, 0.717) is 5.76 Å². The number of amides is 1. The van der Waals surface area contributed by atoms with Gasteiger partial charge in [-0.2, -0.15) is 0 Å². The van der Waals surface area contributed by atoms with E-state index in [1.165, 1.54) is 6.42 Å². The van der Waals surface area contributed by atoms with Gasteiger partial charge in [0.15, 0.2) is 5.76 Å². The van der Waals surface area contributed by atoms with Crippen molar-refractivity contribution in [3.05, 3.63) is 23.2 Å². The van der Waals surface area contributed by atoms with Crippen LogP contribution in [-0.4, -0.2) is 23.7 Å². The predicted octanol–water partition coefficient (Wildman–Crippen LogP) is 2.57. The lowest BCUT2D eigenvalue weighted by Gasteiger charge is -2.24. The quantitative estimate of drug-likeness (QED) is 0.826. The molecule has 1 aliphatic rings. The summed E-state index contributed by atoms with van der Waals surface area (Å²) in [5.41, 5.74) is 0.865. The standard InChI is InChI=1S/C15H23NO3/c1-10-8-11(2)19-14(10)15(18)16-13-7-5-3-4-6-12(13)9-17/h8,12-13,17H,3-7,9H2,1-2H3,(H,16,18). The van der Waals surface area contributed by atoms with E-state index < -0.39 is 0 Å². The number of rotatable bonds is 3. The van der Waals surface area contributed by atoms with E-state index in [0.717, 1.165) is 37.0 Å². The van der Waals surface area contributed by atoms with E-state index in [4.69, 9.17) is 4.42 Å². The van der Waals surface area contributed by atoms with Crippen molar-refractivity contribution in [1.82, 2.24) is 5.32 Å². The van der Waals surface area contributed by atoms with Crippen LogP contribution in [0.15, 0.2) is 10.5 Å². The van der Waals surface area contributed by atoms with Crippen molar-refractivity contribution in [2.45, 2.75) is 52.0 Å². The Bertz CT molecular complexity index is 439. The molecule has 106 valence electrons. The van der Waals surface area contributed by atoms with Crippen LogP contribution in [-0.2, 0) is 0 Å². The summed E-state index contributed by atoms with van der Waals surface area (Å²) in [5, 5.41) is 12.5. The number of carbonyl (C=O) groups excluding carboxylic acids is 1. The van der Waals surface area contributed by atoms with Crippen LogP contribution in [0, 0.1) is 19.8 Å². The molecule has 0 radical (unpaired) electrons. The number of nitrogens with one attached hydrogen (secondary N) is 1. The van der Waals surface area contributed by atoms with Gasteiger partial charge in [0.05, 0.1) is 0 Å². The zero-order chi connectivity index (χ0) is 13.8. The summed E-state index contributed by atoms with van der Waals surface area (Å²) in [6.45, 7) is 3.86. The van der Waals surface area contributed by atoms with Crippen LogP contribution in [0.4, 0.5) is 0 Å². The topological polar surface area (TPSA) is 62.5 Å². The molecule has 1 saturated carbocycles. The molecule has 2 N–H and O–H groups in total. The Hall–Kier alpha value is -1.29. The number of hydrogen-bond donors (Lipinski definition) is 2. The fourth-order valence-corrected chi connectivity index (χ4v) is 2.89. The molecule has 0 bridgehead atoms. The van der Waals surface area contributed by atoms with E-state index in [9.17, 15) is 9.90 Å². The van der Waals surface area contributed by atoms with E-state index in [1.54, 1.807) is 0 Å². The summed E-state index contributed by atoms with van der Waals surface area (Å²) in [7, 11) is 0. The molecule has 1 heterocycles. The Morgan fingerprint density at radius 3 is 2.74 bits per heavy atom. The molecule has 2 rings (SSSR count). The van der Waals surface area contributed by atoms with Gasteiger partial charge in [0.1, 0.15) is 5.76 Å². The number of aryl methyl sites for hydroxylation is 2. The minimum absolute atomic E-state index is 0.0600. The molecule has 0 aromatic carbocycles. The molecule has 4 nitrogen and oxygen atoms in total. The van der Waals surface area contributed by atoms with Gasteiger partial charge in [0.2, 0.25) is 0 Å². The van der Waals surface area contributed by atoms with Crippen LogP contribution < -0.4 is 5.32 Å². The first-order valence-corrected chi connectivity index (χ1v) is 7.10. The van der Waals surface area contributed by atoms with E-state index in [2.05, 4.69) is 5.32 Å². The molecule has 2 unspecified atom stereocenters. The average molecular weight is 265 g/mol. The third kappa shape index (κ3) is 3.38. The summed E-state index contributed by atoms with van der Waals surface area (Å²) < 4.78 is 5.44. The zero-order valence-corrected chi connectivity index (χ0v) is 11.7. The van der Waals surface area contributed by atoms with Gasteiger partial charge in [-0.1, -0.05) is 19.3 Å². The lowest BCUT2D eigenvalue weighted by molar-refractivity contribution is 0.0869. The maximum atomic E-state index is 12.2. The molecule has 0 spiro atoms. The summed E-state index contributed by atoms with van der Waals surface area (Å²) in [6, 6.07) is 1.93. The van der Waals surface area contributed by atoms with Gasteiger partial charge in [-0.05, 0) is 32.8 Å². The highest BCUT2D eigenvalue weighted by atomic mass is 16.3. The second kappa shape index (κ2) is 6.24. The number of carbonyl (C=O) groups is 1. The maximum Gasteiger partial charge on any atom is 0.287 e. The summed E-state index contributed by atoms with van der Waals surface area (Å²) >= 11 is 0. The maximum absolute atomic E-state index is 12.2. The average Bonchev–Trinajstić information content (AvgIpc) is 2.60. The minimum Gasteiger partial charge on any atom is -0.456 e. The summed E-state index contributed by atoms with van der Waals surface area (Å²) in [6.07, 6.45) is 5.35. The molecule has 19 heavy (non-hydrogen) atoms. The van der Waals surface area contributed by atoms with E-state index in [-0.39, 0.29) is 24.5 Å². The smallest absolute Gasteiger partial charge is 0.287 e. The molecule has 4 heteroatoms. The molecule has 1 fully saturated rings. The lowest BCUT2D eigenvalue weighted by Crippen LogP contribution is -2.41. The van der Waals surface area contributed by atoms with E-state index in [1.807, 2.05) is 19.9 Å². The molecule has 1 amide bonds. The van der Waals surface area contributed by atoms with Crippen LogP contribution in [0.2, 0.25) is 0 Å². The van der Waals surface area contributed by atoms with Crippen LogP contribution in [0.1, 0.15) is 54.0 Å². The zero-order valence-electron chi connectivity index (χ0n) is 11.7. The first-order valence-electron chi connectivity index (χ1n) is 7.10. The van der Waals surface area contributed by atoms with Gasteiger partial charge in [-0.3, -0.25) is 4.79 Å². The largest absolute Gasteiger partial charge is 0.456 e. The number of aliphatic hydroxyl groups is 1. The van der Waals surface area contributed by atoms with Crippen LogP contribution in [0.25, 0.3) is 0 Å². The van der Waals surface area contributed by atoms with Crippen molar-refractivity contribution in [1.29, 1.82) is 0 Å². The second-order valence-corrected chi connectivity index (χ2v) is 5.53. The van der Waals surface area contributed by atoms with Gasteiger partial charge in [0.25, 0.3) is 5.91 Å². The Morgan fingerprint density at radius 2 is 2.11 bits per heavy atom. The molecule has 1 aliphatic carbocycles. The molecule has 2 atom stereocenters. The van der Waals surface area contributed by atoms with Crippen molar-refractivity contribution in [2.75, 3.05) is 6.61 Å². The monoisotopic (exact) mass is 265 g/mol. The van der Waals surface area contributed by atoms with Crippen molar-refractivity contribution in [3.63, 3.8) is 0 Å². The Labute approximate surface area is 114 Å². The Kier molecular flexibility index (Phi) is 4.64. The minimum atomic E-state index is -0.157. The summed E-state index contributed by atoms with van der Waals surface area (Å²) in [5.74, 6) is 1.17. The van der Waals surface area contributed by atoms with Crippen LogP contribution in [0.3, 0.4) is 0 Å². The third-order valence-corrected chi connectivity index (χ3v) is 3.96. The van der Waals surface area contributed by atoms with Gasteiger partial charge in [0, 0.05) is 24.1 Å². The van der Waals surface area contributed by atoms with E-state index >= 15 is 0 Å². The van der Waals surface area contributed by atoms with Crippen molar-refractivity contribution in [2.24, 2.45) is 5.92 Å². The SMILES string of the molecule is Cc1cc(C)c(C(=O)NC2CCCCCC2CO)o1. The highest BCUT2D eigenvalue weighted by molar-refractivity contribution is 5.93. The molecular weight excluding hydrogens is 242 g/mol. The van der Waals surface area contributed by atoms with Gasteiger partial charge >= 0.3 is 0 Å². The first kappa shape index (κ1) is 14.1. The van der Waals surface area contributed by atoms with Gasteiger partial charge in [-0.25, -0.2) is 0 Å². The van der Waals surface area contributed by atoms with Crippen LogP contribution in [0.5, 0.6) is 0 Å². The number of furan rings is 1. The highest BCUT2D eigenvalue weighted by Gasteiger charge is 2.26. The Morgan fingerprint density at radius 1 is 1.37 bits per heavy atom. The Balaban J connectivity index is 2.06. The number of aliphatic hydroxyl groups excluding tert-OH is 1. The lowest BCUT2D eigenvalue weighted by atomic mass is 9.95. The predicted molar refractivity (Wildman–Crippen MR) is 73.1 cm³/mol. The van der Waals surface area contributed by atoms with Gasteiger partial charge < -0.3 is 14.8 Å². The highest BCUT2D eigenvalue weighted by Crippen LogP contribution is 2.24. The van der Waals surface area contributed by atoms with Crippen molar-refractivity contribution < 1.29 is 14.3 Å². The molecule has 0 aliphatic heterocycles. The van der Waals surface area contributed by atoms with Crippen LogP contribution >= 0.6 is 0 Å². The normalized spacial score (nSPS) is 23.9.